The molecular formula is C24H32FN3O4S2. The van der Waals surface area contributed by atoms with Crippen molar-refractivity contribution in [1.82, 2.24) is 9.88 Å². The number of hydrogen-bond acceptors (Lipinski definition) is 6. The van der Waals surface area contributed by atoms with E-state index < -0.39 is 11.4 Å². The number of anilines is 1. The molecule has 1 saturated carbocycles. The lowest BCUT2D eigenvalue weighted by atomic mass is 9.94. The number of thioether (sulfide) groups is 1. The Hall–Kier alpha value is -2.17. The second kappa shape index (κ2) is 12.5. The van der Waals surface area contributed by atoms with Gasteiger partial charge in [-0.3, -0.25) is 10.1 Å². The molecule has 1 fully saturated rings. The molecule has 0 atom stereocenters. The number of rotatable bonds is 11. The minimum absolute atomic E-state index is 0.135. The molecule has 0 bridgehead atoms. The smallest absolute Gasteiger partial charge is 0.323 e. The first-order chi connectivity index (χ1) is 16.3. The molecule has 186 valence electrons. The van der Waals surface area contributed by atoms with Crippen LogP contribution in [0.5, 0.6) is 0 Å². The van der Waals surface area contributed by atoms with Gasteiger partial charge in [-0.05, 0) is 32.8 Å². The van der Waals surface area contributed by atoms with Gasteiger partial charge in [-0.15, -0.1) is 11.8 Å². The van der Waals surface area contributed by atoms with E-state index in [1.165, 1.54) is 35.6 Å². The maximum absolute atomic E-state index is 13.8. The highest BCUT2D eigenvalue weighted by Crippen LogP contribution is 2.33. The molecule has 2 aromatic rings. The van der Waals surface area contributed by atoms with Crippen LogP contribution >= 0.6 is 23.1 Å². The molecule has 2 N–H and O–H groups in total. The summed E-state index contributed by atoms with van der Waals surface area (Å²) in [7, 11) is 0. The highest BCUT2D eigenvalue weighted by molar-refractivity contribution is 8.01. The summed E-state index contributed by atoms with van der Waals surface area (Å²) in [5.74, 6) is -0.738. The topological polar surface area (TPSA) is 91.8 Å². The molecule has 34 heavy (non-hydrogen) atoms. The van der Waals surface area contributed by atoms with Gasteiger partial charge < -0.3 is 14.7 Å². The van der Waals surface area contributed by atoms with E-state index in [0.29, 0.717) is 29.6 Å². The van der Waals surface area contributed by atoms with E-state index in [0.717, 1.165) is 29.9 Å². The molecule has 1 aliphatic carbocycles. The zero-order valence-corrected chi connectivity index (χ0v) is 21.2. The third kappa shape index (κ3) is 7.68. The highest BCUT2D eigenvalue weighted by atomic mass is 32.2. The van der Waals surface area contributed by atoms with Crippen molar-refractivity contribution in [1.29, 1.82) is 0 Å². The van der Waals surface area contributed by atoms with Crippen molar-refractivity contribution in [2.45, 2.75) is 62.8 Å². The van der Waals surface area contributed by atoms with Crippen molar-refractivity contribution in [2.24, 2.45) is 5.41 Å². The Balaban J connectivity index is 1.55. The molecular weight excluding hydrogens is 477 g/mol. The molecule has 7 nitrogen and oxygen atoms in total. The van der Waals surface area contributed by atoms with Crippen LogP contribution in [0.3, 0.4) is 0 Å². The summed E-state index contributed by atoms with van der Waals surface area (Å²) in [6.07, 6.45) is 6.90. The fourth-order valence-electron chi connectivity index (χ4n) is 3.66. The van der Waals surface area contributed by atoms with E-state index in [9.17, 15) is 19.1 Å². The molecule has 2 amide bonds. The second-order valence-electron chi connectivity index (χ2n) is 9.02. The lowest BCUT2D eigenvalue weighted by molar-refractivity contribution is -0.145. The molecule has 0 spiro atoms. The van der Waals surface area contributed by atoms with Crippen LogP contribution in [-0.2, 0) is 16.1 Å². The Labute approximate surface area is 208 Å². The molecule has 3 rings (SSSR count). The number of carboxylic acids is 1. The number of nitrogens with one attached hydrogen (secondary N) is 1. The largest absolute Gasteiger partial charge is 0.481 e. The fraction of sp³-hybridized carbons (Fsp3) is 0.542. The summed E-state index contributed by atoms with van der Waals surface area (Å²) < 4.78 is 20.3. The molecule has 1 aromatic heterocycles. The minimum atomic E-state index is -0.849. The van der Waals surface area contributed by atoms with Crippen LogP contribution in [0, 0.1) is 11.2 Å². The van der Waals surface area contributed by atoms with E-state index in [1.54, 1.807) is 38.2 Å². The van der Waals surface area contributed by atoms with Gasteiger partial charge in [-0.2, -0.15) is 0 Å². The maximum Gasteiger partial charge on any atom is 0.323 e. The van der Waals surface area contributed by atoms with Gasteiger partial charge in [0, 0.05) is 23.9 Å². The number of nitrogens with zero attached hydrogens (tertiary/aromatic N) is 2. The number of ether oxygens (including phenoxy) is 1. The van der Waals surface area contributed by atoms with Crippen LogP contribution in [0.15, 0.2) is 34.7 Å². The maximum atomic E-state index is 13.8. The predicted octanol–water partition coefficient (Wildman–Crippen LogP) is 5.87. The molecule has 1 heterocycles. The highest BCUT2D eigenvalue weighted by Gasteiger charge is 2.28. The summed E-state index contributed by atoms with van der Waals surface area (Å²) in [6, 6.07) is 6.42. The molecule has 0 aliphatic heterocycles. The molecule has 0 radical (unpaired) electrons. The van der Waals surface area contributed by atoms with Crippen molar-refractivity contribution >= 4 is 40.2 Å². The Bertz CT molecular complexity index is 963. The Morgan fingerprint density at radius 3 is 2.74 bits per heavy atom. The average molecular weight is 510 g/mol. The fourth-order valence-corrected chi connectivity index (χ4v) is 5.61. The van der Waals surface area contributed by atoms with E-state index in [1.807, 2.05) is 4.90 Å². The normalized spacial score (nSPS) is 14.7. The van der Waals surface area contributed by atoms with Crippen LogP contribution in [-0.4, -0.2) is 51.9 Å². The summed E-state index contributed by atoms with van der Waals surface area (Å²) in [4.78, 5) is 30.5. The van der Waals surface area contributed by atoms with Crippen LogP contribution < -0.4 is 5.32 Å². The van der Waals surface area contributed by atoms with E-state index in [4.69, 9.17) is 4.74 Å². The van der Waals surface area contributed by atoms with Gasteiger partial charge in [-0.25, -0.2) is 14.2 Å². The van der Waals surface area contributed by atoms with Gasteiger partial charge in [0.05, 0.1) is 29.0 Å². The lowest BCUT2D eigenvalue weighted by Crippen LogP contribution is -2.45. The van der Waals surface area contributed by atoms with E-state index in [2.05, 4.69) is 10.3 Å². The van der Waals surface area contributed by atoms with Crippen LogP contribution in [0.2, 0.25) is 0 Å². The number of benzene rings is 1. The van der Waals surface area contributed by atoms with Gasteiger partial charge in [0.1, 0.15) is 5.82 Å². The standard InChI is InChI=1S/C24H32FN3O4S2/c1-24(2,21(29)30)16-33-20-14-26-22(34-20)27-23(31)28(18-9-4-3-5-10-18)12-13-32-15-17-8-6-7-11-19(17)25/h6-8,11,14,18H,3-5,9-10,12-13,15-16H2,1-2H3,(H,29,30)(H,26,27,31). The van der Waals surface area contributed by atoms with Crippen molar-refractivity contribution in [3.63, 3.8) is 0 Å². The van der Waals surface area contributed by atoms with Crippen LogP contribution in [0.1, 0.15) is 51.5 Å². The van der Waals surface area contributed by atoms with Crippen LogP contribution in [0.25, 0.3) is 0 Å². The number of hydrogen-bond donors (Lipinski definition) is 2. The van der Waals surface area contributed by atoms with E-state index >= 15 is 0 Å². The Morgan fingerprint density at radius 1 is 1.29 bits per heavy atom. The summed E-state index contributed by atoms with van der Waals surface area (Å²) in [5, 5.41) is 12.7. The van der Waals surface area contributed by atoms with E-state index in [-0.39, 0.29) is 24.5 Å². The first-order valence-electron chi connectivity index (χ1n) is 11.5. The summed E-state index contributed by atoms with van der Waals surface area (Å²) >= 11 is 2.75. The number of amides is 2. The van der Waals surface area contributed by atoms with Gasteiger partial charge in [-0.1, -0.05) is 48.8 Å². The monoisotopic (exact) mass is 509 g/mol. The number of thiazole rings is 1. The summed E-state index contributed by atoms with van der Waals surface area (Å²) in [6.45, 7) is 4.24. The molecule has 1 aliphatic rings. The Kier molecular flexibility index (Phi) is 9.73. The number of carbonyl (C=O) groups excluding carboxylic acids is 1. The SMILES string of the molecule is CC(C)(CSc1cnc(NC(=O)N(CCOCc2ccccc2F)C2CCCCC2)s1)C(=O)O. The number of carboxylic acid groups (broad SMARTS) is 1. The number of halogens is 1. The quantitative estimate of drug-likeness (QED) is 0.291. The van der Waals surface area contributed by atoms with Crippen molar-refractivity contribution < 1.29 is 23.8 Å². The predicted molar refractivity (Wildman–Crippen MR) is 133 cm³/mol. The third-order valence-corrected chi connectivity index (χ3v) is 8.39. The minimum Gasteiger partial charge on any atom is -0.481 e. The van der Waals surface area contributed by atoms with Gasteiger partial charge in [0.15, 0.2) is 5.13 Å². The number of aliphatic carboxylic acids is 1. The first-order valence-corrected chi connectivity index (χ1v) is 13.3. The number of carbonyl (C=O) groups is 2. The van der Waals surface area contributed by atoms with Crippen molar-refractivity contribution in [2.75, 3.05) is 24.2 Å². The van der Waals surface area contributed by atoms with Gasteiger partial charge >= 0.3 is 12.0 Å². The summed E-state index contributed by atoms with van der Waals surface area (Å²) in [5.41, 5.74) is -0.353. The molecule has 0 unspecified atom stereocenters. The second-order valence-corrected chi connectivity index (χ2v) is 11.3. The lowest BCUT2D eigenvalue weighted by Gasteiger charge is -2.34. The number of urea groups is 1. The zero-order valence-electron chi connectivity index (χ0n) is 19.6. The van der Waals surface area contributed by atoms with Gasteiger partial charge in [0.25, 0.3) is 0 Å². The Morgan fingerprint density at radius 2 is 2.03 bits per heavy atom. The molecule has 10 heteroatoms. The van der Waals surface area contributed by atoms with Gasteiger partial charge in [0.2, 0.25) is 0 Å². The first kappa shape index (κ1) is 26.4. The zero-order chi connectivity index (χ0) is 24.6. The number of aromatic nitrogens is 1. The molecule has 1 aromatic carbocycles. The third-order valence-electron chi connectivity index (χ3n) is 5.82. The van der Waals surface area contributed by atoms with Crippen molar-refractivity contribution in [3.8, 4) is 0 Å². The van der Waals surface area contributed by atoms with Crippen LogP contribution in [0.4, 0.5) is 14.3 Å². The van der Waals surface area contributed by atoms with Crippen molar-refractivity contribution in [3.05, 3.63) is 41.8 Å². The molecule has 0 saturated heterocycles. The average Bonchev–Trinajstić information content (AvgIpc) is 3.26.